The number of benzene rings is 1. The summed E-state index contributed by atoms with van der Waals surface area (Å²) >= 11 is 0. The van der Waals surface area contributed by atoms with Gasteiger partial charge < -0.3 is 4.74 Å². The van der Waals surface area contributed by atoms with Gasteiger partial charge in [-0.05, 0) is 18.1 Å². The smallest absolute Gasteiger partial charge is 0.107 e. The Morgan fingerprint density at radius 3 is 2.23 bits per heavy atom. The number of hydrogen-bond donors (Lipinski definition) is 0. The van der Waals surface area contributed by atoms with Crippen molar-refractivity contribution in [2.24, 2.45) is 0 Å². The Morgan fingerprint density at radius 1 is 1.23 bits per heavy atom. The lowest BCUT2D eigenvalue weighted by molar-refractivity contribution is -0.0218. The topological polar surface area (TPSA) is 12.5 Å². The van der Waals surface area contributed by atoms with E-state index < -0.39 is 0 Å². The van der Waals surface area contributed by atoms with Crippen LogP contribution >= 0.6 is 0 Å². The summed E-state index contributed by atoms with van der Waals surface area (Å²) < 4.78 is 5.29. The first kappa shape index (κ1) is 8.73. The Hall–Kier alpha value is -0.860. The van der Waals surface area contributed by atoms with Crippen LogP contribution in [-0.4, -0.2) is 18.2 Å². The molecule has 0 N–H and O–H groups in total. The van der Waals surface area contributed by atoms with Gasteiger partial charge in [-0.1, -0.05) is 24.3 Å². The average Bonchev–Trinajstić information content (AvgIpc) is 2.59. The molecule has 0 aromatic heterocycles. The number of rotatable bonds is 2. The number of nitrogens with zero attached hydrogens (tertiary/aromatic N) is 1. The van der Waals surface area contributed by atoms with Crippen LogP contribution in [0.3, 0.4) is 0 Å². The third-order valence-electron chi connectivity index (χ3n) is 2.72. The van der Waals surface area contributed by atoms with E-state index in [4.69, 9.17) is 4.74 Å². The fourth-order valence-electron chi connectivity index (χ4n) is 1.77. The van der Waals surface area contributed by atoms with Gasteiger partial charge in [0, 0.05) is 20.2 Å². The number of fused-ring (bicyclic) bond motifs is 1. The minimum absolute atomic E-state index is 0.215. The first-order valence-electron chi connectivity index (χ1n) is 4.65. The Morgan fingerprint density at radius 2 is 1.77 bits per heavy atom. The summed E-state index contributed by atoms with van der Waals surface area (Å²) in [5, 5.41) is 0. The molecule has 2 heteroatoms. The van der Waals surface area contributed by atoms with E-state index in [0.717, 1.165) is 13.1 Å². The fourth-order valence-corrected chi connectivity index (χ4v) is 1.77. The van der Waals surface area contributed by atoms with Crippen molar-refractivity contribution in [1.82, 2.24) is 4.90 Å². The molecule has 0 saturated heterocycles. The summed E-state index contributed by atoms with van der Waals surface area (Å²) in [6.07, 6.45) is 0.215. The van der Waals surface area contributed by atoms with E-state index in [0.29, 0.717) is 0 Å². The molecule has 0 radical (unpaired) electrons. The molecule has 2 nitrogen and oxygen atoms in total. The summed E-state index contributed by atoms with van der Waals surface area (Å²) in [6, 6.07) is 8.58. The van der Waals surface area contributed by atoms with Crippen molar-refractivity contribution in [1.29, 1.82) is 0 Å². The van der Waals surface area contributed by atoms with Crippen LogP contribution in [0.15, 0.2) is 24.3 Å². The van der Waals surface area contributed by atoms with E-state index in [9.17, 15) is 0 Å². The van der Waals surface area contributed by atoms with Crippen molar-refractivity contribution < 1.29 is 4.74 Å². The summed E-state index contributed by atoms with van der Waals surface area (Å²) in [5.41, 5.74) is 2.87. The molecule has 1 aromatic rings. The number of methoxy groups -OCH3 is 1. The molecule has 1 aliphatic heterocycles. The minimum Gasteiger partial charge on any atom is -0.367 e. The van der Waals surface area contributed by atoms with Crippen LogP contribution in [-0.2, 0) is 17.8 Å². The summed E-state index contributed by atoms with van der Waals surface area (Å²) in [6.45, 7) is 4.13. The molecule has 0 amide bonds. The Bertz CT molecular complexity index is 273. The SMILES string of the molecule is COC(C)N1Cc2ccccc2C1. The molecule has 1 aromatic carbocycles. The van der Waals surface area contributed by atoms with Crippen LogP contribution in [0, 0.1) is 0 Å². The molecule has 0 spiro atoms. The van der Waals surface area contributed by atoms with Crippen LogP contribution in [0.25, 0.3) is 0 Å². The van der Waals surface area contributed by atoms with Gasteiger partial charge in [-0.2, -0.15) is 0 Å². The van der Waals surface area contributed by atoms with Crippen molar-refractivity contribution in [3.8, 4) is 0 Å². The molecule has 0 saturated carbocycles. The van der Waals surface area contributed by atoms with E-state index in [1.54, 1.807) is 7.11 Å². The highest BCUT2D eigenvalue weighted by Crippen LogP contribution is 2.23. The lowest BCUT2D eigenvalue weighted by Crippen LogP contribution is -2.29. The van der Waals surface area contributed by atoms with Gasteiger partial charge in [0.2, 0.25) is 0 Å². The van der Waals surface area contributed by atoms with Crippen LogP contribution in [0.1, 0.15) is 18.1 Å². The van der Waals surface area contributed by atoms with E-state index >= 15 is 0 Å². The predicted octanol–water partition coefficient (Wildman–Crippen LogP) is 1.99. The van der Waals surface area contributed by atoms with Crippen LogP contribution in [0.2, 0.25) is 0 Å². The fraction of sp³-hybridized carbons (Fsp3) is 0.455. The van der Waals surface area contributed by atoms with Gasteiger partial charge in [-0.25, -0.2) is 0 Å². The maximum atomic E-state index is 5.29. The lowest BCUT2D eigenvalue weighted by Gasteiger charge is -2.21. The second-order valence-electron chi connectivity index (χ2n) is 3.51. The molecular formula is C11H15NO. The maximum Gasteiger partial charge on any atom is 0.107 e. The number of ether oxygens (including phenoxy) is 1. The van der Waals surface area contributed by atoms with Crippen molar-refractivity contribution in [2.75, 3.05) is 7.11 Å². The molecule has 70 valence electrons. The predicted molar refractivity (Wildman–Crippen MR) is 52.2 cm³/mol. The standard InChI is InChI=1S/C11H15NO/c1-9(13-2)12-7-10-5-3-4-6-11(10)8-12/h3-6,9H,7-8H2,1-2H3. The quantitative estimate of drug-likeness (QED) is 0.685. The monoisotopic (exact) mass is 177 g/mol. The van der Waals surface area contributed by atoms with E-state index in [1.165, 1.54) is 11.1 Å². The molecule has 1 heterocycles. The molecule has 13 heavy (non-hydrogen) atoms. The van der Waals surface area contributed by atoms with E-state index in [1.807, 2.05) is 0 Å². The second-order valence-corrected chi connectivity index (χ2v) is 3.51. The molecular weight excluding hydrogens is 162 g/mol. The van der Waals surface area contributed by atoms with Gasteiger partial charge in [0.1, 0.15) is 6.23 Å². The average molecular weight is 177 g/mol. The molecule has 0 bridgehead atoms. The first-order chi connectivity index (χ1) is 6.31. The minimum atomic E-state index is 0.215. The van der Waals surface area contributed by atoms with Gasteiger partial charge >= 0.3 is 0 Å². The third kappa shape index (κ3) is 1.60. The lowest BCUT2D eigenvalue weighted by atomic mass is 10.1. The van der Waals surface area contributed by atoms with Gasteiger partial charge in [0.15, 0.2) is 0 Å². The Kier molecular flexibility index (Phi) is 2.34. The highest BCUT2D eigenvalue weighted by molar-refractivity contribution is 5.30. The van der Waals surface area contributed by atoms with Crippen molar-refractivity contribution in [3.05, 3.63) is 35.4 Å². The van der Waals surface area contributed by atoms with Gasteiger partial charge in [-0.3, -0.25) is 4.90 Å². The largest absolute Gasteiger partial charge is 0.367 e. The molecule has 0 aliphatic carbocycles. The maximum absolute atomic E-state index is 5.29. The first-order valence-corrected chi connectivity index (χ1v) is 4.65. The van der Waals surface area contributed by atoms with Crippen LogP contribution in [0.5, 0.6) is 0 Å². The van der Waals surface area contributed by atoms with E-state index in [-0.39, 0.29) is 6.23 Å². The van der Waals surface area contributed by atoms with Gasteiger partial charge in [-0.15, -0.1) is 0 Å². The second kappa shape index (κ2) is 3.48. The zero-order chi connectivity index (χ0) is 9.26. The van der Waals surface area contributed by atoms with E-state index in [2.05, 4.69) is 36.1 Å². The van der Waals surface area contributed by atoms with Crippen molar-refractivity contribution >= 4 is 0 Å². The zero-order valence-electron chi connectivity index (χ0n) is 8.16. The summed E-state index contributed by atoms with van der Waals surface area (Å²) in [5.74, 6) is 0. The summed E-state index contributed by atoms with van der Waals surface area (Å²) in [7, 11) is 1.76. The highest BCUT2D eigenvalue weighted by Gasteiger charge is 2.21. The van der Waals surface area contributed by atoms with Crippen molar-refractivity contribution in [2.45, 2.75) is 26.2 Å². The zero-order valence-corrected chi connectivity index (χ0v) is 8.16. The Labute approximate surface area is 79.1 Å². The van der Waals surface area contributed by atoms with Crippen molar-refractivity contribution in [3.63, 3.8) is 0 Å². The highest BCUT2D eigenvalue weighted by atomic mass is 16.5. The summed E-state index contributed by atoms with van der Waals surface area (Å²) in [4.78, 5) is 2.32. The normalized spacial score (nSPS) is 18.6. The Balaban J connectivity index is 2.14. The van der Waals surface area contributed by atoms with Crippen LogP contribution in [0.4, 0.5) is 0 Å². The molecule has 1 aliphatic rings. The molecule has 1 atom stereocenters. The molecule has 0 fully saturated rings. The third-order valence-corrected chi connectivity index (χ3v) is 2.72. The van der Waals surface area contributed by atoms with Gasteiger partial charge in [0.25, 0.3) is 0 Å². The van der Waals surface area contributed by atoms with Crippen LogP contribution < -0.4 is 0 Å². The molecule has 1 unspecified atom stereocenters. The number of hydrogen-bond acceptors (Lipinski definition) is 2. The molecule has 2 rings (SSSR count). The van der Waals surface area contributed by atoms with Gasteiger partial charge in [0.05, 0.1) is 0 Å².